The minimum absolute atomic E-state index is 0.117. The van der Waals surface area contributed by atoms with Crippen molar-refractivity contribution < 1.29 is 27.1 Å². The fraction of sp³-hybridized carbons (Fsp3) is 0.100. The maximum atomic E-state index is 13.9. The number of nitrogens with one attached hydrogen (secondary N) is 1. The molecule has 0 aliphatic rings. The Morgan fingerprint density at radius 3 is 2.50 bits per heavy atom. The van der Waals surface area contributed by atoms with Crippen LogP contribution in [0.1, 0.15) is 15.9 Å². The Bertz CT molecular complexity index is 1190. The minimum Gasteiger partial charge on any atom is -0.478 e. The molecule has 0 saturated carbocycles. The maximum Gasteiger partial charge on any atom is 0.339 e. The summed E-state index contributed by atoms with van der Waals surface area (Å²) in [5.74, 6) is -3.28. The Kier molecular flexibility index (Phi) is 5.97. The highest BCUT2D eigenvalue weighted by Gasteiger charge is 2.22. The van der Waals surface area contributed by atoms with Gasteiger partial charge in [-0.2, -0.15) is 0 Å². The zero-order chi connectivity index (χ0) is 21.9. The van der Waals surface area contributed by atoms with Gasteiger partial charge in [0.25, 0.3) is 10.0 Å². The largest absolute Gasteiger partial charge is 0.478 e. The number of sulfonamides is 1. The van der Waals surface area contributed by atoms with Gasteiger partial charge in [-0.25, -0.2) is 27.0 Å². The molecule has 0 saturated heterocycles. The first kappa shape index (κ1) is 21.2. The van der Waals surface area contributed by atoms with E-state index in [9.17, 15) is 27.1 Å². The molecule has 0 unspecified atom stereocenters. The number of aromatic carboxylic acids is 1. The van der Waals surface area contributed by atoms with E-state index in [1.807, 2.05) is 35.1 Å². The molecule has 0 amide bonds. The fourth-order valence-corrected chi connectivity index (χ4v) is 3.92. The third-order valence-corrected chi connectivity index (χ3v) is 5.55. The van der Waals surface area contributed by atoms with E-state index in [1.54, 1.807) is 11.9 Å². The summed E-state index contributed by atoms with van der Waals surface area (Å²) >= 11 is 0. The van der Waals surface area contributed by atoms with E-state index < -0.39 is 32.5 Å². The van der Waals surface area contributed by atoms with Crippen LogP contribution in [-0.2, 0) is 16.6 Å². The second-order valence-corrected chi connectivity index (χ2v) is 8.07. The normalized spacial score (nSPS) is 11.2. The van der Waals surface area contributed by atoms with Gasteiger partial charge in [0.2, 0.25) is 0 Å². The third-order valence-electron chi connectivity index (χ3n) is 4.16. The highest BCUT2D eigenvalue weighted by Crippen LogP contribution is 2.25. The van der Waals surface area contributed by atoms with E-state index in [1.165, 1.54) is 0 Å². The molecule has 0 fully saturated rings. The van der Waals surface area contributed by atoms with Crippen molar-refractivity contribution in [3.63, 3.8) is 0 Å². The topological polar surface area (TPSA) is 99.6 Å². The number of benzene rings is 2. The summed E-state index contributed by atoms with van der Waals surface area (Å²) in [6.07, 6.45) is 1.11. The van der Waals surface area contributed by atoms with Crippen molar-refractivity contribution in [2.45, 2.75) is 11.4 Å². The summed E-state index contributed by atoms with van der Waals surface area (Å²) < 4.78 is 54.1. The summed E-state index contributed by atoms with van der Waals surface area (Å²) in [4.78, 5) is 16.5. The fourth-order valence-electron chi connectivity index (χ4n) is 2.80. The average Bonchev–Trinajstić information content (AvgIpc) is 2.70. The summed E-state index contributed by atoms with van der Waals surface area (Å²) in [5, 5.41) is 9.55. The number of hydrogen-bond acceptors (Lipinski definition) is 5. The lowest BCUT2D eigenvalue weighted by Crippen LogP contribution is -2.22. The highest BCUT2D eigenvalue weighted by molar-refractivity contribution is 7.92. The number of anilines is 2. The molecule has 0 aliphatic carbocycles. The van der Waals surface area contributed by atoms with Crippen LogP contribution in [0.4, 0.5) is 20.3 Å². The summed E-state index contributed by atoms with van der Waals surface area (Å²) in [7, 11) is -2.86. The van der Waals surface area contributed by atoms with Gasteiger partial charge in [0.05, 0.1) is 11.9 Å². The Balaban J connectivity index is 1.91. The van der Waals surface area contributed by atoms with Gasteiger partial charge >= 0.3 is 5.97 Å². The third kappa shape index (κ3) is 4.71. The Hall–Kier alpha value is -3.53. The van der Waals surface area contributed by atoms with E-state index in [-0.39, 0.29) is 17.1 Å². The van der Waals surface area contributed by atoms with Crippen LogP contribution in [0, 0.1) is 11.6 Å². The lowest BCUT2D eigenvalue weighted by Gasteiger charge is -2.21. The van der Waals surface area contributed by atoms with Crippen molar-refractivity contribution in [2.24, 2.45) is 0 Å². The zero-order valence-corrected chi connectivity index (χ0v) is 16.5. The molecular weight excluding hydrogens is 416 g/mol. The molecule has 2 aromatic carbocycles. The lowest BCUT2D eigenvalue weighted by molar-refractivity contribution is 0.0697. The van der Waals surface area contributed by atoms with Crippen molar-refractivity contribution in [3.8, 4) is 0 Å². The van der Waals surface area contributed by atoms with Crippen molar-refractivity contribution >= 4 is 27.5 Å². The molecule has 0 aliphatic heterocycles. The van der Waals surface area contributed by atoms with E-state index in [2.05, 4.69) is 4.98 Å². The number of hydrogen-bond donors (Lipinski definition) is 2. The molecule has 2 N–H and O–H groups in total. The monoisotopic (exact) mass is 433 g/mol. The lowest BCUT2D eigenvalue weighted by atomic mass is 10.2. The molecule has 1 heterocycles. The molecule has 0 bridgehead atoms. The van der Waals surface area contributed by atoms with Crippen LogP contribution in [0.5, 0.6) is 0 Å². The van der Waals surface area contributed by atoms with Gasteiger partial charge in [-0.15, -0.1) is 0 Å². The van der Waals surface area contributed by atoms with Crippen molar-refractivity contribution in [1.29, 1.82) is 0 Å². The van der Waals surface area contributed by atoms with Crippen LogP contribution < -0.4 is 9.62 Å². The van der Waals surface area contributed by atoms with Crippen LogP contribution in [0.25, 0.3) is 0 Å². The molecule has 30 heavy (non-hydrogen) atoms. The Labute approximate surface area is 171 Å². The molecular formula is C20H17F2N3O4S. The molecule has 0 atom stereocenters. The summed E-state index contributed by atoms with van der Waals surface area (Å²) in [5.41, 5.74) is 0.464. The maximum absolute atomic E-state index is 13.9. The van der Waals surface area contributed by atoms with Crippen LogP contribution in [0.15, 0.2) is 65.7 Å². The van der Waals surface area contributed by atoms with Crippen LogP contribution in [0.2, 0.25) is 0 Å². The molecule has 156 valence electrons. The van der Waals surface area contributed by atoms with E-state index in [0.717, 1.165) is 23.9 Å². The second-order valence-electron chi connectivity index (χ2n) is 6.42. The number of aromatic nitrogens is 1. The number of carbonyl (C=O) groups is 1. The van der Waals surface area contributed by atoms with Gasteiger partial charge in [0, 0.05) is 13.6 Å². The van der Waals surface area contributed by atoms with Crippen molar-refractivity contribution in [2.75, 3.05) is 16.7 Å². The van der Waals surface area contributed by atoms with E-state index >= 15 is 0 Å². The van der Waals surface area contributed by atoms with Gasteiger partial charge in [0.1, 0.15) is 27.9 Å². The van der Waals surface area contributed by atoms with Gasteiger partial charge in [-0.1, -0.05) is 30.3 Å². The molecule has 0 radical (unpaired) electrons. The standard InChI is InChI=1S/C20H17F2N3O4S/c1-25(12-13-5-3-2-4-6-13)19-16(20(26)27)10-15(11-23-19)24-30(28,29)18-9-14(21)7-8-17(18)22/h2-11,24H,12H2,1H3,(H,26,27). The summed E-state index contributed by atoms with van der Waals surface area (Å²) in [6, 6.07) is 12.4. The SMILES string of the molecule is CN(Cc1ccccc1)c1ncc(NS(=O)(=O)c2cc(F)ccc2F)cc1C(=O)O. The molecule has 1 aromatic heterocycles. The Morgan fingerprint density at radius 1 is 1.13 bits per heavy atom. The number of carboxylic acid groups (broad SMARTS) is 1. The van der Waals surface area contributed by atoms with Crippen molar-refractivity contribution in [3.05, 3.63) is 83.6 Å². The summed E-state index contributed by atoms with van der Waals surface area (Å²) in [6.45, 7) is 0.369. The first-order valence-electron chi connectivity index (χ1n) is 8.63. The number of pyridine rings is 1. The van der Waals surface area contributed by atoms with Gasteiger partial charge in [0.15, 0.2) is 0 Å². The van der Waals surface area contributed by atoms with E-state index in [4.69, 9.17) is 0 Å². The van der Waals surface area contributed by atoms with E-state index in [0.29, 0.717) is 18.7 Å². The quantitative estimate of drug-likeness (QED) is 0.592. The zero-order valence-electron chi connectivity index (χ0n) is 15.7. The number of rotatable bonds is 7. The molecule has 7 nitrogen and oxygen atoms in total. The smallest absolute Gasteiger partial charge is 0.339 e. The molecule has 3 rings (SSSR count). The molecule has 0 spiro atoms. The number of nitrogens with zero attached hydrogens (tertiary/aromatic N) is 2. The predicted octanol–water partition coefficient (Wildman–Crippen LogP) is 3.50. The highest BCUT2D eigenvalue weighted by atomic mass is 32.2. The van der Waals surface area contributed by atoms with Crippen LogP contribution in [0.3, 0.4) is 0 Å². The van der Waals surface area contributed by atoms with Crippen molar-refractivity contribution in [1.82, 2.24) is 4.98 Å². The molecule has 10 heteroatoms. The minimum atomic E-state index is -4.50. The van der Waals surface area contributed by atoms with Gasteiger partial charge < -0.3 is 10.0 Å². The van der Waals surface area contributed by atoms with Gasteiger partial charge in [-0.05, 0) is 29.8 Å². The average molecular weight is 433 g/mol. The molecule has 3 aromatic rings. The number of carboxylic acids is 1. The number of halogens is 2. The van der Waals surface area contributed by atoms with Crippen LogP contribution in [-0.4, -0.2) is 31.5 Å². The Morgan fingerprint density at radius 2 is 1.83 bits per heavy atom. The van der Waals surface area contributed by atoms with Gasteiger partial charge in [-0.3, -0.25) is 4.72 Å². The first-order chi connectivity index (χ1) is 14.2. The second kappa shape index (κ2) is 8.46. The first-order valence-corrected chi connectivity index (χ1v) is 10.1. The predicted molar refractivity (Wildman–Crippen MR) is 107 cm³/mol. The van der Waals surface area contributed by atoms with Crippen LogP contribution >= 0.6 is 0 Å².